The molecule has 35 heavy (non-hydrogen) atoms. The molecule has 0 unspecified atom stereocenters. The molecule has 1 aliphatic rings. The Hall–Kier alpha value is -2.98. The first kappa shape index (κ1) is 23.7. The van der Waals surface area contributed by atoms with Crippen molar-refractivity contribution in [3.8, 4) is 0 Å². The average molecular weight is 596 g/mol. The maximum atomic E-state index is 13.0. The van der Waals surface area contributed by atoms with Gasteiger partial charge in [-0.3, -0.25) is 9.78 Å². The first-order valence-electron chi connectivity index (χ1n) is 11.5. The van der Waals surface area contributed by atoms with E-state index in [-0.39, 0.29) is 18.0 Å². The van der Waals surface area contributed by atoms with Crippen LogP contribution in [0.4, 0.5) is 5.69 Å². The first-order valence-corrected chi connectivity index (χ1v) is 13.0. The van der Waals surface area contributed by atoms with Crippen molar-refractivity contribution in [2.75, 3.05) is 11.9 Å². The van der Waals surface area contributed by atoms with Crippen molar-refractivity contribution < 1.29 is 4.79 Å². The second kappa shape index (κ2) is 9.94. The van der Waals surface area contributed by atoms with Crippen LogP contribution in [-0.2, 0) is 4.79 Å². The van der Waals surface area contributed by atoms with Gasteiger partial charge in [0.1, 0.15) is 0 Å². The molecular formula is C27H26IN5OS. The molecule has 3 heterocycles. The van der Waals surface area contributed by atoms with Gasteiger partial charge in [-0.2, -0.15) is 0 Å². The van der Waals surface area contributed by atoms with Crippen LogP contribution in [-0.4, -0.2) is 32.4 Å². The van der Waals surface area contributed by atoms with Gasteiger partial charge in [0.05, 0.1) is 17.8 Å². The smallest absolute Gasteiger partial charge is 0.226 e. The van der Waals surface area contributed by atoms with Gasteiger partial charge in [-0.05, 0) is 72.2 Å². The van der Waals surface area contributed by atoms with Crippen molar-refractivity contribution in [2.45, 2.75) is 32.4 Å². The number of fused-ring (bicyclic) bond motifs is 1. The molecule has 5 rings (SSSR count). The highest BCUT2D eigenvalue weighted by atomic mass is 127. The van der Waals surface area contributed by atoms with Crippen LogP contribution < -0.4 is 10.6 Å². The number of nitrogens with zero attached hydrogens (tertiary/aromatic N) is 2. The van der Waals surface area contributed by atoms with Gasteiger partial charge in [-0.15, -0.1) is 0 Å². The molecule has 6 nitrogen and oxygen atoms in total. The Morgan fingerprint density at radius 2 is 1.86 bits per heavy atom. The number of H-pyrrole nitrogens is 1. The lowest BCUT2D eigenvalue weighted by atomic mass is 9.96. The van der Waals surface area contributed by atoms with Crippen molar-refractivity contribution in [2.24, 2.45) is 0 Å². The Morgan fingerprint density at radius 3 is 2.60 bits per heavy atom. The summed E-state index contributed by atoms with van der Waals surface area (Å²) in [4.78, 5) is 23.2. The predicted molar refractivity (Wildman–Crippen MR) is 152 cm³/mol. The Labute approximate surface area is 223 Å². The van der Waals surface area contributed by atoms with Gasteiger partial charge in [-0.25, -0.2) is 0 Å². The molecule has 1 saturated heterocycles. The molecule has 2 aromatic heterocycles. The molecule has 1 fully saturated rings. The van der Waals surface area contributed by atoms with Crippen LogP contribution in [0.1, 0.15) is 41.1 Å². The summed E-state index contributed by atoms with van der Waals surface area (Å²) < 4.78 is 1.18. The number of carbonyl (C=O) groups excluding carboxylic acids is 1. The van der Waals surface area contributed by atoms with Crippen LogP contribution in [0, 0.1) is 17.4 Å². The fourth-order valence-electron chi connectivity index (χ4n) is 4.85. The zero-order chi connectivity index (χ0) is 24.5. The number of hydrogen-bond acceptors (Lipinski definition) is 3. The highest BCUT2D eigenvalue weighted by Gasteiger charge is 2.42. The van der Waals surface area contributed by atoms with E-state index in [1.54, 1.807) is 6.20 Å². The molecule has 0 bridgehead atoms. The Bertz CT molecular complexity index is 1400. The summed E-state index contributed by atoms with van der Waals surface area (Å²) in [6, 6.07) is 19.8. The normalized spacial score (nSPS) is 17.6. The summed E-state index contributed by atoms with van der Waals surface area (Å²) >= 11 is 8.17. The van der Waals surface area contributed by atoms with E-state index in [1.165, 1.54) is 9.13 Å². The van der Waals surface area contributed by atoms with Gasteiger partial charge in [0.25, 0.3) is 0 Å². The number of pyridine rings is 1. The van der Waals surface area contributed by atoms with E-state index >= 15 is 0 Å². The third-order valence-electron chi connectivity index (χ3n) is 6.48. The van der Waals surface area contributed by atoms with Gasteiger partial charge in [0.15, 0.2) is 5.11 Å². The van der Waals surface area contributed by atoms with Crippen molar-refractivity contribution >= 4 is 62.3 Å². The number of amides is 1. The van der Waals surface area contributed by atoms with E-state index in [0.29, 0.717) is 18.1 Å². The number of anilines is 1. The molecule has 2 aromatic carbocycles. The Morgan fingerprint density at radius 1 is 1.09 bits per heavy atom. The van der Waals surface area contributed by atoms with Gasteiger partial charge in [0, 0.05) is 50.8 Å². The minimum atomic E-state index is -0.104. The summed E-state index contributed by atoms with van der Waals surface area (Å²) in [5, 5.41) is 9.34. The number of aromatic amines is 1. The first-order chi connectivity index (χ1) is 16.9. The lowest BCUT2D eigenvalue weighted by Gasteiger charge is -2.28. The third kappa shape index (κ3) is 4.64. The lowest BCUT2D eigenvalue weighted by Crippen LogP contribution is -2.33. The molecule has 8 heteroatoms. The number of halogens is 1. The second-order valence-corrected chi connectivity index (χ2v) is 10.2. The van der Waals surface area contributed by atoms with Crippen LogP contribution in [0.5, 0.6) is 0 Å². The second-order valence-electron chi connectivity index (χ2n) is 8.75. The number of aryl methyl sites for hydroxylation is 2. The van der Waals surface area contributed by atoms with Crippen LogP contribution >= 0.6 is 34.8 Å². The molecule has 0 aliphatic carbocycles. The van der Waals surface area contributed by atoms with E-state index < -0.39 is 0 Å². The molecule has 3 N–H and O–H groups in total. The summed E-state index contributed by atoms with van der Waals surface area (Å²) in [6.07, 6.45) is 2.12. The monoisotopic (exact) mass is 595 g/mol. The third-order valence-corrected chi connectivity index (χ3v) is 8.22. The topological polar surface area (TPSA) is 73.0 Å². The van der Waals surface area contributed by atoms with Crippen LogP contribution in [0.15, 0.2) is 66.9 Å². The van der Waals surface area contributed by atoms with E-state index in [2.05, 4.69) is 61.9 Å². The summed E-state index contributed by atoms with van der Waals surface area (Å²) in [7, 11) is 0. The summed E-state index contributed by atoms with van der Waals surface area (Å²) in [5.41, 5.74) is 5.18. The average Bonchev–Trinajstić information content (AvgIpc) is 3.31. The number of carbonyl (C=O) groups is 1. The van der Waals surface area contributed by atoms with E-state index in [4.69, 9.17) is 12.2 Å². The highest BCUT2D eigenvalue weighted by molar-refractivity contribution is 14.1. The number of nitrogens with one attached hydrogen (secondary N) is 3. The lowest BCUT2D eigenvalue weighted by molar-refractivity contribution is -0.116. The van der Waals surface area contributed by atoms with Gasteiger partial charge in [-0.1, -0.05) is 42.5 Å². The van der Waals surface area contributed by atoms with Crippen molar-refractivity contribution in [3.63, 3.8) is 0 Å². The maximum Gasteiger partial charge on any atom is 0.226 e. The SMILES string of the molecule is Cc1[nH]c(C)c([C@@H]2[C@H](c3ccccn3)NC(=S)N2CCC(=O)Nc2cccc3ccccc23)c1I. The molecule has 0 spiro atoms. The van der Waals surface area contributed by atoms with Crippen LogP contribution in [0.25, 0.3) is 10.8 Å². The zero-order valence-electron chi connectivity index (χ0n) is 19.5. The minimum absolute atomic E-state index is 0.0409. The molecule has 178 valence electrons. The largest absolute Gasteiger partial charge is 0.362 e. The van der Waals surface area contributed by atoms with Crippen molar-refractivity contribution in [1.82, 2.24) is 20.2 Å². The van der Waals surface area contributed by atoms with Gasteiger partial charge < -0.3 is 20.5 Å². The van der Waals surface area contributed by atoms with Gasteiger partial charge >= 0.3 is 0 Å². The van der Waals surface area contributed by atoms with Crippen molar-refractivity contribution in [3.05, 3.63) is 93.1 Å². The van der Waals surface area contributed by atoms with Crippen molar-refractivity contribution in [1.29, 1.82) is 0 Å². The summed E-state index contributed by atoms with van der Waals surface area (Å²) in [5.74, 6) is -0.0409. The number of aromatic nitrogens is 2. The number of benzene rings is 2. The molecular weight excluding hydrogens is 569 g/mol. The molecule has 1 aliphatic heterocycles. The number of thiocarbonyl (C=S) groups is 1. The Kier molecular flexibility index (Phi) is 6.75. The molecule has 0 radical (unpaired) electrons. The molecule has 1 amide bonds. The number of rotatable bonds is 6. The maximum absolute atomic E-state index is 13.0. The van der Waals surface area contributed by atoms with E-state index in [1.807, 2.05) is 60.7 Å². The van der Waals surface area contributed by atoms with E-state index in [9.17, 15) is 4.79 Å². The summed E-state index contributed by atoms with van der Waals surface area (Å²) in [6.45, 7) is 4.67. The fourth-order valence-corrected chi connectivity index (χ4v) is 6.04. The standard InChI is InChI=1S/C27H26IN5OS/c1-16-23(24(28)17(2)30-16)26-25(21-11-5-6-14-29-21)32-27(35)33(26)15-13-22(34)31-20-12-7-9-18-8-3-4-10-19(18)20/h3-12,14,25-26,30H,13,15H2,1-2H3,(H,31,34)(H,32,35)/t25-,26+/m0/s1. The number of hydrogen-bond donors (Lipinski definition) is 3. The zero-order valence-corrected chi connectivity index (χ0v) is 22.5. The van der Waals surface area contributed by atoms with Gasteiger partial charge in [0.2, 0.25) is 5.91 Å². The van der Waals surface area contributed by atoms with Crippen LogP contribution in [0.2, 0.25) is 0 Å². The predicted octanol–water partition coefficient (Wildman–Crippen LogP) is 5.79. The quantitative estimate of drug-likeness (QED) is 0.195. The van der Waals surface area contributed by atoms with Crippen LogP contribution in [0.3, 0.4) is 0 Å². The molecule has 4 aromatic rings. The fraction of sp³-hybridized carbons (Fsp3) is 0.222. The molecule has 0 saturated carbocycles. The van der Waals surface area contributed by atoms with E-state index in [0.717, 1.165) is 33.5 Å². The highest BCUT2D eigenvalue weighted by Crippen LogP contribution is 2.42. The Balaban J connectivity index is 1.40. The minimum Gasteiger partial charge on any atom is -0.362 e. The molecule has 2 atom stereocenters.